The number of amides is 3. The number of benzene rings is 1. The third-order valence-corrected chi connectivity index (χ3v) is 8.76. The molecule has 1 aliphatic carbocycles. The van der Waals surface area contributed by atoms with Crippen molar-refractivity contribution in [3.63, 3.8) is 0 Å². The fourth-order valence-corrected chi connectivity index (χ4v) is 6.38. The van der Waals surface area contributed by atoms with Crippen molar-refractivity contribution in [1.82, 2.24) is 25.1 Å². The van der Waals surface area contributed by atoms with Gasteiger partial charge in [-0.15, -0.1) is 11.3 Å². The zero-order chi connectivity index (χ0) is 30.1. The Labute approximate surface area is 252 Å². The molecule has 1 saturated carbocycles. The van der Waals surface area contributed by atoms with E-state index in [9.17, 15) is 19.1 Å². The number of aliphatic hydroxyl groups is 1. The molecule has 2 aliphatic rings. The number of nitrogens with one attached hydrogen (secondary N) is 2. The maximum Gasteiger partial charge on any atom is 0.319 e. The summed E-state index contributed by atoms with van der Waals surface area (Å²) in [4.78, 5) is 38.2. The Kier molecular flexibility index (Phi) is 7.99. The van der Waals surface area contributed by atoms with Crippen LogP contribution >= 0.6 is 11.3 Å². The summed E-state index contributed by atoms with van der Waals surface area (Å²) >= 11 is 1.47. The smallest absolute Gasteiger partial charge is 0.319 e. The summed E-state index contributed by atoms with van der Waals surface area (Å²) in [5, 5.41) is 14.7. The Bertz CT molecular complexity index is 1660. The van der Waals surface area contributed by atoms with Crippen LogP contribution in [0.25, 0.3) is 20.8 Å². The van der Waals surface area contributed by atoms with Crippen LogP contribution < -0.4 is 15.4 Å². The van der Waals surface area contributed by atoms with Crippen LogP contribution in [0.15, 0.2) is 54.9 Å². The molecular formula is C31H33FN6O4S. The maximum absolute atomic E-state index is 14.9. The van der Waals surface area contributed by atoms with E-state index in [0.717, 1.165) is 45.7 Å². The molecule has 4 aromatic rings. The van der Waals surface area contributed by atoms with E-state index >= 15 is 0 Å². The summed E-state index contributed by atoms with van der Waals surface area (Å²) in [6.45, 7) is 6.24. The number of thiophene rings is 1. The van der Waals surface area contributed by atoms with Gasteiger partial charge in [0, 0.05) is 62.4 Å². The Morgan fingerprint density at radius 1 is 1.12 bits per heavy atom. The number of carbonyl (C=O) groups is 2. The molecule has 224 valence electrons. The van der Waals surface area contributed by atoms with Crippen molar-refractivity contribution in [1.29, 1.82) is 0 Å². The molecule has 0 bridgehead atoms. The van der Waals surface area contributed by atoms with Crippen molar-refractivity contribution in [2.24, 2.45) is 0 Å². The summed E-state index contributed by atoms with van der Waals surface area (Å²) in [7, 11) is 0. The summed E-state index contributed by atoms with van der Waals surface area (Å²) in [5.41, 5.74) is 2.55. The third kappa shape index (κ3) is 6.61. The van der Waals surface area contributed by atoms with Gasteiger partial charge in [-0.25, -0.2) is 9.18 Å². The lowest BCUT2D eigenvalue weighted by Gasteiger charge is -2.47. The average Bonchev–Trinajstić information content (AvgIpc) is 3.67. The van der Waals surface area contributed by atoms with Crippen LogP contribution in [-0.4, -0.2) is 74.6 Å². The monoisotopic (exact) mass is 604 g/mol. The van der Waals surface area contributed by atoms with Crippen molar-refractivity contribution in [2.45, 2.75) is 44.8 Å². The molecule has 12 heteroatoms. The second-order valence-electron chi connectivity index (χ2n) is 11.5. The number of pyridine rings is 2. The van der Waals surface area contributed by atoms with Gasteiger partial charge < -0.3 is 25.4 Å². The summed E-state index contributed by atoms with van der Waals surface area (Å²) < 4.78 is 21.6. The van der Waals surface area contributed by atoms with Crippen LogP contribution in [0.1, 0.15) is 32.3 Å². The van der Waals surface area contributed by atoms with Crippen LogP contribution in [0.3, 0.4) is 0 Å². The second kappa shape index (κ2) is 11.9. The number of ether oxygens (including phenoxy) is 1. The molecule has 1 aromatic carbocycles. The Balaban J connectivity index is 1.13. The average molecular weight is 605 g/mol. The first kappa shape index (κ1) is 29.0. The number of hydrogen-bond acceptors (Lipinski definition) is 8. The summed E-state index contributed by atoms with van der Waals surface area (Å²) in [6, 6.07) is 11.8. The number of piperazine rings is 1. The number of fused-ring (bicyclic) bond motifs is 1. The second-order valence-corrected chi connectivity index (χ2v) is 12.6. The van der Waals surface area contributed by atoms with Crippen LogP contribution in [-0.2, 0) is 11.3 Å². The molecule has 4 heterocycles. The number of aliphatic hydroxyl groups excluding tert-OH is 1. The molecule has 6 rings (SSSR count). The lowest BCUT2D eigenvalue weighted by atomic mass is 9.98. The van der Waals surface area contributed by atoms with E-state index in [0.29, 0.717) is 31.1 Å². The molecule has 0 radical (unpaired) electrons. The molecule has 10 nitrogen and oxygen atoms in total. The van der Waals surface area contributed by atoms with Crippen LogP contribution in [0.4, 0.5) is 14.9 Å². The predicted octanol–water partition coefficient (Wildman–Crippen LogP) is 4.99. The van der Waals surface area contributed by atoms with E-state index in [1.807, 2.05) is 38.2 Å². The maximum atomic E-state index is 14.9. The quantitative estimate of drug-likeness (QED) is 0.259. The summed E-state index contributed by atoms with van der Waals surface area (Å²) in [6.07, 6.45) is 5.42. The van der Waals surface area contributed by atoms with Crippen molar-refractivity contribution in [2.75, 3.05) is 31.6 Å². The molecule has 43 heavy (non-hydrogen) atoms. The number of anilines is 1. The van der Waals surface area contributed by atoms with Crippen molar-refractivity contribution >= 4 is 39.2 Å². The molecule has 3 N–H and O–H groups in total. The molecule has 3 amide bonds. The van der Waals surface area contributed by atoms with Crippen LogP contribution in [0, 0.1) is 5.82 Å². The number of nitrogens with zero attached hydrogens (tertiary/aromatic N) is 4. The van der Waals surface area contributed by atoms with Gasteiger partial charge in [-0.3, -0.25) is 19.7 Å². The van der Waals surface area contributed by atoms with Crippen molar-refractivity contribution < 1.29 is 23.8 Å². The van der Waals surface area contributed by atoms with E-state index in [2.05, 4.69) is 20.5 Å². The van der Waals surface area contributed by atoms with E-state index in [4.69, 9.17) is 9.72 Å². The van der Waals surface area contributed by atoms with E-state index in [1.54, 1.807) is 23.2 Å². The van der Waals surface area contributed by atoms with E-state index in [-0.39, 0.29) is 29.3 Å². The first-order valence-electron chi connectivity index (χ1n) is 14.2. The minimum atomic E-state index is -0.590. The van der Waals surface area contributed by atoms with Gasteiger partial charge in [0.15, 0.2) is 11.6 Å². The molecule has 0 spiro atoms. The highest BCUT2D eigenvalue weighted by atomic mass is 32.1. The molecule has 1 aliphatic heterocycles. The normalized spacial score (nSPS) is 16.7. The Morgan fingerprint density at radius 2 is 1.95 bits per heavy atom. The first-order valence-corrected chi connectivity index (χ1v) is 15.0. The van der Waals surface area contributed by atoms with Gasteiger partial charge in [0.05, 0.1) is 26.3 Å². The number of rotatable bonds is 8. The Hall–Kier alpha value is -4.13. The van der Waals surface area contributed by atoms with Gasteiger partial charge in [-0.1, -0.05) is 6.07 Å². The highest BCUT2D eigenvalue weighted by Crippen LogP contribution is 2.39. The highest BCUT2D eigenvalue weighted by Gasteiger charge is 2.36. The number of carbonyl (C=O) groups excluding carboxylic acids is 2. The molecule has 0 atom stereocenters. The minimum absolute atomic E-state index is 0.0443. The highest BCUT2D eigenvalue weighted by molar-refractivity contribution is 7.22. The number of aromatic nitrogens is 2. The fourth-order valence-electron chi connectivity index (χ4n) is 5.34. The van der Waals surface area contributed by atoms with Crippen molar-refractivity contribution in [3.8, 4) is 22.1 Å². The molecule has 1 saturated heterocycles. The van der Waals surface area contributed by atoms with Crippen LogP contribution in [0.2, 0.25) is 0 Å². The molecule has 0 unspecified atom stereocenters. The lowest BCUT2D eigenvalue weighted by Crippen LogP contribution is -2.61. The molecule has 2 fully saturated rings. The van der Waals surface area contributed by atoms with E-state index in [1.165, 1.54) is 23.5 Å². The van der Waals surface area contributed by atoms with Gasteiger partial charge in [-0.05, 0) is 56.5 Å². The zero-order valence-electron chi connectivity index (χ0n) is 24.0. The predicted molar refractivity (Wildman–Crippen MR) is 163 cm³/mol. The minimum Gasteiger partial charge on any atom is -0.453 e. The zero-order valence-corrected chi connectivity index (χ0v) is 24.8. The fraction of sp³-hybridized carbons (Fsp3) is 0.355. The standard InChI is InChI=1S/C31H33FN6O4S/c1-31(2)18-37(11-12-38(31)28(40)17-39)16-19-3-7-23(34-15-19)27-14-24-29(43-27)26(9-10-33-24)42-25-8-6-21(13-22(25)32)36-30(41)35-20-4-5-20/h3,6-10,13-15,20,39H,4-5,11-12,16-18H2,1-2H3,(H2,35,36,41). The number of hydrogen-bond donors (Lipinski definition) is 3. The number of halogens is 1. The Morgan fingerprint density at radius 3 is 2.65 bits per heavy atom. The summed E-state index contributed by atoms with van der Waals surface area (Å²) in [5.74, 6) is -0.312. The topological polar surface area (TPSA) is 120 Å². The van der Waals surface area contributed by atoms with Gasteiger partial charge in [-0.2, -0.15) is 0 Å². The SMILES string of the molecule is CC1(C)CN(Cc2ccc(-c3cc4nccc(Oc5ccc(NC(=O)NC6CC6)cc5F)c4s3)nc2)CCN1C(=O)CO. The largest absolute Gasteiger partial charge is 0.453 e. The van der Waals surface area contributed by atoms with Gasteiger partial charge in [0.25, 0.3) is 0 Å². The first-order chi connectivity index (χ1) is 20.7. The lowest BCUT2D eigenvalue weighted by molar-refractivity contribution is -0.143. The van der Waals surface area contributed by atoms with Crippen molar-refractivity contribution in [3.05, 3.63) is 66.2 Å². The van der Waals surface area contributed by atoms with Gasteiger partial charge in [0.1, 0.15) is 12.4 Å². The van der Waals surface area contributed by atoms with Crippen LogP contribution in [0.5, 0.6) is 11.5 Å². The van der Waals surface area contributed by atoms with Gasteiger partial charge >= 0.3 is 6.03 Å². The molecule has 3 aromatic heterocycles. The molecular weight excluding hydrogens is 571 g/mol. The third-order valence-electron chi connectivity index (χ3n) is 7.60. The van der Waals surface area contributed by atoms with E-state index < -0.39 is 12.4 Å². The number of urea groups is 1. The van der Waals surface area contributed by atoms with Gasteiger partial charge in [0.2, 0.25) is 5.91 Å².